The molecule has 1 nitrogen and oxygen atoms in total. The van der Waals surface area contributed by atoms with Crippen molar-refractivity contribution in [2.24, 2.45) is 5.92 Å². The van der Waals surface area contributed by atoms with Gasteiger partial charge >= 0.3 is 0 Å². The number of hydrogen-bond acceptors (Lipinski definition) is 2. The lowest BCUT2D eigenvalue weighted by Gasteiger charge is -2.00. The van der Waals surface area contributed by atoms with Gasteiger partial charge in [0.2, 0.25) is 0 Å². The summed E-state index contributed by atoms with van der Waals surface area (Å²) in [6, 6.07) is 2.26. The van der Waals surface area contributed by atoms with Crippen molar-refractivity contribution in [3.05, 3.63) is 16.6 Å². The van der Waals surface area contributed by atoms with Crippen molar-refractivity contribution in [3.63, 3.8) is 0 Å². The van der Waals surface area contributed by atoms with Crippen LogP contribution < -0.4 is 0 Å². The second-order valence-corrected chi connectivity index (χ2v) is 5.19. The quantitative estimate of drug-likeness (QED) is 0.714. The molecule has 0 bridgehead atoms. The molecule has 0 spiro atoms. The molecule has 0 N–H and O–H groups in total. The minimum atomic E-state index is 0.573. The number of nitrogens with zero attached hydrogens (tertiary/aromatic N) is 1. The van der Waals surface area contributed by atoms with Crippen LogP contribution in [0.2, 0.25) is 0 Å². The SMILES string of the molecule is CC(C)CCc1cc(C(C)C)ns1. The third kappa shape index (κ3) is 3.47. The molecule has 0 aromatic carbocycles. The van der Waals surface area contributed by atoms with Gasteiger partial charge < -0.3 is 0 Å². The summed E-state index contributed by atoms with van der Waals surface area (Å²) in [6.07, 6.45) is 2.47. The number of rotatable bonds is 4. The van der Waals surface area contributed by atoms with Gasteiger partial charge in [-0.3, -0.25) is 0 Å². The summed E-state index contributed by atoms with van der Waals surface area (Å²) in [6.45, 7) is 8.93. The van der Waals surface area contributed by atoms with E-state index in [2.05, 4.69) is 38.1 Å². The van der Waals surface area contributed by atoms with Crippen LogP contribution in [0.1, 0.15) is 50.6 Å². The molecule has 0 aliphatic heterocycles. The van der Waals surface area contributed by atoms with Crippen molar-refractivity contribution in [2.75, 3.05) is 0 Å². The van der Waals surface area contributed by atoms with Crippen molar-refractivity contribution in [1.29, 1.82) is 0 Å². The average molecular weight is 197 g/mol. The van der Waals surface area contributed by atoms with Crippen molar-refractivity contribution in [3.8, 4) is 0 Å². The maximum atomic E-state index is 4.44. The van der Waals surface area contributed by atoms with Gasteiger partial charge in [0.25, 0.3) is 0 Å². The van der Waals surface area contributed by atoms with E-state index in [0.29, 0.717) is 5.92 Å². The molecule has 1 rings (SSSR count). The smallest absolute Gasteiger partial charge is 0.0570 e. The van der Waals surface area contributed by atoms with Crippen molar-refractivity contribution < 1.29 is 0 Å². The predicted molar refractivity (Wildman–Crippen MR) is 59.4 cm³/mol. The summed E-state index contributed by atoms with van der Waals surface area (Å²) in [4.78, 5) is 1.44. The highest BCUT2D eigenvalue weighted by Crippen LogP contribution is 2.20. The minimum absolute atomic E-state index is 0.573. The Labute approximate surface area is 85.4 Å². The van der Waals surface area contributed by atoms with Crippen LogP contribution in [0.5, 0.6) is 0 Å². The summed E-state index contributed by atoms with van der Waals surface area (Å²) < 4.78 is 4.44. The molecule has 0 saturated heterocycles. The molecule has 1 aromatic rings. The predicted octanol–water partition coefficient (Wildman–Crippen LogP) is 3.86. The fourth-order valence-corrected chi connectivity index (χ4v) is 2.02. The van der Waals surface area contributed by atoms with E-state index in [1.807, 2.05) is 0 Å². The van der Waals surface area contributed by atoms with Gasteiger partial charge in [0.1, 0.15) is 0 Å². The largest absolute Gasteiger partial charge is 0.197 e. The van der Waals surface area contributed by atoms with E-state index < -0.39 is 0 Å². The van der Waals surface area contributed by atoms with Crippen molar-refractivity contribution in [2.45, 2.75) is 46.5 Å². The lowest BCUT2D eigenvalue weighted by Crippen LogP contribution is -1.89. The van der Waals surface area contributed by atoms with E-state index in [-0.39, 0.29) is 0 Å². The Balaban J connectivity index is 2.49. The zero-order valence-corrected chi connectivity index (χ0v) is 9.82. The topological polar surface area (TPSA) is 12.9 Å². The Bertz CT molecular complexity index is 250. The van der Waals surface area contributed by atoms with Crippen molar-refractivity contribution >= 4 is 11.5 Å². The highest BCUT2D eigenvalue weighted by atomic mass is 32.1. The van der Waals surface area contributed by atoms with Gasteiger partial charge in [-0.05, 0) is 42.3 Å². The molecular weight excluding hydrogens is 178 g/mol. The normalized spacial score (nSPS) is 11.5. The Morgan fingerprint density at radius 3 is 2.46 bits per heavy atom. The molecule has 0 aliphatic rings. The number of aryl methyl sites for hydroxylation is 1. The monoisotopic (exact) mass is 197 g/mol. The van der Waals surface area contributed by atoms with Gasteiger partial charge in [0, 0.05) is 4.88 Å². The summed E-state index contributed by atoms with van der Waals surface area (Å²) in [5, 5.41) is 0. The fraction of sp³-hybridized carbons (Fsp3) is 0.727. The molecule has 0 unspecified atom stereocenters. The molecule has 0 radical (unpaired) electrons. The molecule has 0 fully saturated rings. The zero-order valence-electron chi connectivity index (χ0n) is 9.00. The molecule has 0 aliphatic carbocycles. The van der Waals surface area contributed by atoms with Crippen LogP contribution in [0, 0.1) is 5.92 Å². The van der Waals surface area contributed by atoms with Gasteiger partial charge in [-0.15, -0.1) is 0 Å². The molecule has 13 heavy (non-hydrogen) atoms. The van der Waals surface area contributed by atoms with Crippen molar-refractivity contribution in [1.82, 2.24) is 4.37 Å². The summed E-state index contributed by atoms with van der Waals surface area (Å²) in [7, 11) is 0. The van der Waals surface area contributed by atoms with Gasteiger partial charge in [-0.2, -0.15) is 4.37 Å². The first-order valence-electron chi connectivity index (χ1n) is 5.05. The van der Waals surface area contributed by atoms with E-state index >= 15 is 0 Å². The Hall–Kier alpha value is -0.370. The fourth-order valence-electron chi connectivity index (χ4n) is 1.15. The van der Waals surface area contributed by atoms with Crippen LogP contribution in [0.3, 0.4) is 0 Å². The molecule has 2 heteroatoms. The maximum absolute atomic E-state index is 4.44. The highest BCUT2D eigenvalue weighted by Gasteiger charge is 2.05. The van der Waals surface area contributed by atoms with E-state index in [0.717, 1.165) is 5.92 Å². The van der Waals surface area contributed by atoms with E-state index in [1.165, 1.54) is 23.4 Å². The van der Waals surface area contributed by atoms with Crippen LogP contribution in [0.4, 0.5) is 0 Å². The van der Waals surface area contributed by atoms with Gasteiger partial charge in [-0.1, -0.05) is 27.7 Å². The summed E-state index contributed by atoms with van der Waals surface area (Å²) in [5.41, 5.74) is 1.25. The second kappa shape index (κ2) is 4.75. The average Bonchev–Trinajstić information content (AvgIpc) is 2.48. The van der Waals surface area contributed by atoms with Gasteiger partial charge in [-0.25, -0.2) is 0 Å². The van der Waals surface area contributed by atoms with Crippen LogP contribution in [-0.2, 0) is 6.42 Å². The first-order valence-corrected chi connectivity index (χ1v) is 5.82. The molecule has 0 atom stereocenters. The van der Waals surface area contributed by atoms with Crippen LogP contribution >= 0.6 is 11.5 Å². The summed E-state index contributed by atoms with van der Waals surface area (Å²) >= 11 is 1.67. The number of hydrogen-bond donors (Lipinski definition) is 0. The Morgan fingerprint density at radius 2 is 2.00 bits per heavy atom. The minimum Gasteiger partial charge on any atom is -0.197 e. The lowest BCUT2D eigenvalue weighted by molar-refractivity contribution is 0.589. The molecule has 74 valence electrons. The first kappa shape index (κ1) is 10.7. The molecule has 0 saturated carbocycles. The van der Waals surface area contributed by atoms with Crippen LogP contribution in [-0.4, -0.2) is 4.37 Å². The van der Waals surface area contributed by atoms with Gasteiger partial charge in [0.15, 0.2) is 0 Å². The lowest BCUT2D eigenvalue weighted by atomic mass is 10.1. The van der Waals surface area contributed by atoms with Crippen LogP contribution in [0.25, 0.3) is 0 Å². The third-order valence-electron chi connectivity index (χ3n) is 2.14. The number of aromatic nitrogens is 1. The van der Waals surface area contributed by atoms with Gasteiger partial charge in [0.05, 0.1) is 5.69 Å². The zero-order chi connectivity index (χ0) is 9.84. The molecule has 0 amide bonds. The first-order chi connectivity index (χ1) is 6.09. The van der Waals surface area contributed by atoms with E-state index in [9.17, 15) is 0 Å². The van der Waals surface area contributed by atoms with E-state index in [1.54, 1.807) is 11.5 Å². The highest BCUT2D eigenvalue weighted by molar-refractivity contribution is 7.05. The molecule has 1 heterocycles. The summed E-state index contributed by atoms with van der Waals surface area (Å²) in [5.74, 6) is 1.37. The van der Waals surface area contributed by atoms with E-state index in [4.69, 9.17) is 0 Å². The Morgan fingerprint density at radius 1 is 1.31 bits per heavy atom. The third-order valence-corrected chi connectivity index (χ3v) is 3.00. The molecule has 1 aromatic heterocycles. The standard InChI is InChI=1S/C11H19NS/c1-8(2)5-6-10-7-11(9(3)4)12-13-10/h7-9H,5-6H2,1-4H3. The molecular formula is C11H19NS. The Kier molecular flexibility index (Phi) is 3.91. The second-order valence-electron chi connectivity index (χ2n) is 4.31. The maximum Gasteiger partial charge on any atom is 0.0570 e. The van der Waals surface area contributed by atoms with Crippen LogP contribution in [0.15, 0.2) is 6.07 Å².